The van der Waals surface area contributed by atoms with Gasteiger partial charge in [0, 0.05) is 60.9 Å². The zero-order chi connectivity index (χ0) is 50.5. The fourth-order valence-electron chi connectivity index (χ4n) is 8.43. The average molecular weight is 1000 g/mol. The first-order valence-electron chi connectivity index (χ1n) is 22.2. The van der Waals surface area contributed by atoms with E-state index < -0.39 is 21.5 Å². The molecule has 4 aromatic heterocycles. The molecule has 364 valence electrons. The van der Waals surface area contributed by atoms with Crippen LogP contribution in [0.2, 0.25) is 10.0 Å². The van der Waals surface area contributed by atoms with Gasteiger partial charge >= 0.3 is 6.09 Å². The van der Waals surface area contributed by atoms with Crippen LogP contribution in [0.25, 0.3) is 44.6 Å². The third-order valence-electron chi connectivity index (χ3n) is 11.8. The minimum Gasteiger partial charge on any atom is -0.455 e. The summed E-state index contributed by atoms with van der Waals surface area (Å²) in [4.78, 5) is 55.8. The van der Waals surface area contributed by atoms with Crippen LogP contribution in [0, 0.1) is 40.0 Å². The number of nitrogens with zero attached hydrogens (tertiary/aromatic N) is 11. The summed E-state index contributed by atoms with van der Waals surface area (Å²) in [5.41, 5.74) is 16.1. The summed E-state index contributed by atoms with van der Waals surface area (Å²) in [6.45, 7) is 10.5. The number of benzene rings is 4. The predicted octanol–water partition coefficient (Wildman–Crippen LogP) is 10.5. The Morgan fingerprint density at radius 3 is 1.68 bits per heavy atom. The second kappa shape index (κ2) is 19.0. The first-order chi connectivity index (χ1) is 33.8. The van der Waals surface area contributed by atoms with E-state index in [4.69, 9.17) is 58.8 Å². The number of nitrogens with two attached hydrogens (primary N) is 2. The molecule has 4 N–H and O–H groups in total. The SMILES string of the molecule is Cc1cc2ncc(-c3cnn(CC4CCN(C(=O)OC(C)(C)C)C(Cn5cc(-c6cnc7cc(C)c(Oc8ccc([N+](=O)[O-])c(N)c8)c(Cl)c7n6)cn5)C4)c3)nc2c(Cl)c1Oc1ccc([N+](=O)[O-])c(N)c1. The molecular formula is C48H45Cl2N13O8. The number of halogens is 2. The highest BCUT2D eigenvalue weighted by molar-refractivity contribution is 6.37. The van der Waals surface area contributed by atoms with Crippen molar-refractivity contribution in [3.63, 3.8) is 0 Å². The number of carbonyl (C=O) groups is 1. The summed E-state index contributed by atoms with van der Waals surface area (Å²) in [5.74, 6) is 1.26. The number of nitrogen functional groups attached to an aromatic ring is 2. The van der Waals surface area contributed by atoms with Crippen molar-refractivity contribution in [1.29, 1.82) is 0 Å². The number of carbonyl (C=O) groups excluding carboxylic acids is 1. The van der Waals surface area contributed by atoms with E-state index in [2.05, 4.69) is 20.2 Å². The van der Waals surface area contributed by atoms with Crippen molar-refractivity contribution < 1.29 is 28.9 Å². The van der Waals surface area contributed by atoms with Crippen molar-refractivity contribution in [2.45, 2.75) is 72.2 Å². The van der Waals surface area contributed by atoms with Crippen LogP contribution in [0.15, 0.2) is 85.7 Å². The van der Waals surface area contributed by atoms with E-state index >= 15 is 0 Å². The monoisotopic (exact) mass is 1000 g/mol. The number of hydrogen-bond donors (Lipinski definition) is 2. The standard InChI is InChI=1S/C48H45Cl2N13O8/c1-25-12-35-43(41(49)45(25)69-31-6-8-39(62(65)66)33(51)15-31)57-37(19-53-35)28-17-55-59(22-28)21-27-10-11-61(47(64)71-48(3,4)5)30(14-27)24-60-23-29(18-56-60)38-20-54-36-13-26(2)46(42(50)44(36)58-38)70-32-7-9-40(63(67)68)34(52)16-32/h6-9,12-13,15-20,22-23,27,30H,10-11,14,21,24,51-52H2,1-5H3. The Morgan fingerprint density at radius 1 is 0.746 bits per heavy atom. The number of amides is 1. The van der Waals surface area contributed by atoms with Crippen LogP contribution in [0.4, 0.5) is 27.5 Å². The van der Waals surface area contributed by atoms with Crippen molar-refractivity contribution in [3.8, 4) is 45.5 Å². The second-order valence-electron chi connectivity index (χ2n) is 18.2. The van der Waals surface area contributed by atoms with E-state index in [0.717, 1.165) is 0 Å². The van der Waals surface area contributed by atoms with Crippen LogP contribution in [-0.2, 0) is 17.8 Å². The molecule has 2 atom stereocenters. The molecule has 23 heteroatoms. The Labute approximate surface area is 414 Å². The Hall–Kier alpha value is -8.17. The van der Waals surface area contributed by atoms with Gasteiger partial charge in [0.15, 0.2) is 11.5 Å². The molecule has 0 saturated carbocycles. The number of piperidine rings is 1. The Kier molecular flexibility index (Phi) is 12.8. The molecule has 1 amide bonds. The van der Waals surface area contributed by atoms with E-state index in [1.54, 1.807) is 53.4 Å². The number of rotatable bonds is 12. The maximum atomic E-state index is 13.7. The summed E-state index contributed by atoms with van der Waals surface area (Å²) in [6.07, 6.45) is 11.3. The first-order valence-corrected chi connectivity index (χ1v) is 22.9. The van der Waals surface area contributed by atoms with E-state index in [1.807, 2.05) is 44.8 Å². The van der Waals surface area contributed by atoms with Gasteiger partial charge < -0.3 is 30.6 Å². The average Bonchev–Trinajstić information content (AvgIpc) is 3.98. The van der Waals surface area contributed by atoms with Gasteiger partial charge in [-0.3, -0.25) is 39.6 Å². The van der Waals surface area contributed by atoms with Gasteiger partial charge in [0.1, 0.15) is 49.6 Å². The summed E-state index contributed by atoms with van der Waals surface area (Å²) < 4.78 is 21.6. The van der Waals surface area contributed by atoms with Gasteiger partial charge in [-0.15, -0.1) is 0 Å². The molecule has 0 aliphatic carbocycles. The molecule has 1 saturated heterocycles. The highest BCUT2D eigenvalue weighted by Gasteiger charge is 2.35. The van der Waals surface area contributed by atoms with Crippen molar-refractivity contribution in [2.24, 2.45) is 5.92 Å². The number of aromatic nitrogens is 8. The van der Waals surface area contributed by atoms with E-state index in [0.29, 0.717) is 99.7 Å². The number of nitro groups is 2. The van der Waals surface area contributed by atoms with E-state index in [9.17, 15) is 25.0 Å². The van der Waals surface area contributed by atoms with Crippen molar-refractivity contribution >= 4 is 74.1 Å². The minimum atomic E-state index is -0.706. The third kappa shape index (κ3) is 10.1. The zero-order valence-electron chi connectivity index (χ0n) is 38.9. The van der Waals surface area contributed by atoms with Gasteiger partial charge in [-0.05, 0) is 88.8 Å². The predicted molar refractivity (Wildman–Crippen MR) is 266 cm³/mol. The van der Waals surface area contributed by atoms with Crippen LogP contribution in [0.1, 0.15) is 44.7 Å². The molecule has 0 bridgehead atoms. The molecule has 5 heterocycles. The van der Waals surface area contributed by atoms with Crippen LogP contribution in [0.3, 0.4) is 0 Å². The zero-order valence-corrected chi connectivity index (χ0v) is 40.4. The highest BCUT2D eigenvalue weighted by atomic mass is 35.5. The van der Waals surface area contributed by atoms with Gasteiger partial charge in [-0.2, -0.15) is 10.2 Å². The molecule has 2 unspecified atom stereocenters. The quantitative estimate of drug-likeness (QED) is 0.0654. The van der Waals surface area contributed by atoms with Crippen LogP contribution in [-0.4, -0.2) is 78.5 Å². The first kappa shape index (κ1) is 47.9. The molecule has 1 fully saturated rings. The summed E-state index contributed by atoms with van der Waals surface area (Å²) in [5, 5.41) is 32.3. The van der Waals surface area contributed by atoms with Crippen molar-refractivity contribution in [1.82, 2.24) is 44.4 Å². The fourth-order valence-corrected chi connectivity index (χ4v) is 9.08. The highest BCUT2D eigenvalue weighted by Crippen LogP contribution is 2.41. The third-order valence-corrected chi connectivity index (χ3v) is 12.5. The van der Waals surface area contributed by atoms with Crippen molar-refractivity contribution in [3.05, 3.63) is 127 Å². The van der Waals surface area contributed by atoms with E-state index in [-0.39, 0.29) is 56.3 Å². The number of nitro benzene ring substituents is 2. The lowest BCUT2D eigenvalue weighted by molar-refractivity contribution is -0.384. The number of fused-ring (bicyclic) bond motifs is 2. The van der Waals surface area contributed by atoms with Crippen LogP contribution in [0.5, 0.6) is 23.0 Å². The lowest BCUT2D eigenvalue weighted by Gasteiger charge is -2.40. The Bertz CT molecular complexity index is 3430. The number of aryl methyl sites for hydroxylation is 2. The van der Waals surface area contributed by atoms with Gasteiger partial charge in [-0.25, -0.2) is 14.8 Å². The molecule has 0 spiro atoms. The van der Waals surface area contributed by atoms with Gasteiger partial charge in [-0.1, -0.05) is 23.2 Å². The van der Waals surface area contributed by atoms with Crippen LogP contribution < -0.4 is 20.9 Å². The smallest absolute Gasteiger partial charge is 0.410 e. The molecule has 1 aliphatic heterocycles. The topological polar surface area (TPSA) is 274 Å². The maximum absolute atomic E-state index is 13.7. The largest absolute Gasteiger partial charge is 0.455 e. The van der Waals surface area contributed by atoms with Crippen LogP contribution >= 0.6 is 23.2 Å². The molecular weight excluding hydrogens is 958 g/mol. The number of ether oxygens (including phenoxy) is 3. The lowest BCUT2D eigenvalue weighted by atomic mass is 9.91. The molecule has 9 rings (SSSR count). The number of hydrogen-bond acceptors (Lipinski definition) is 16. The second-order valence-corrected chi connectivity index (χ2v) is 19.0. The molecule has 8 aromatic rings. The Morgan fingerprint density at radius 2 is 1.23 bits per heavy atom. The summed E-state index contributed by atoms with van der Waals surface area (Å²) in [6, 6.07) is 11.4. The normalized spacial score (nSPS) is 15.0. The fraction of sp³-hybridized carbons (Fsp3) is 0.271. The van der Waals surface area contributed by atoms with Gasteiger partial charge in [0.2, 0.25) is 0 Å². The number of likely N-dealkylation sites (tertiary alicyclic amines) is 1. The number of anilines is 2. The van der Waals surface area contributed by atoms with Gasteiger partial charge in [0.25, 0.3) is 11.4 Å². The molecule has 4 aromatic carbocycles. The van der Waals surface area contributed by atoms with Gasteiger partial charge in [0.05, 0.1) is 69.6 Å². The van der Waals surface area contributed by atoms with Crippen molar-refractivity contribution in [2.75, 3.05) is 18.0 Å². The molecule has 71 heavy (non-hydrogen) atoms. The lowest BCUT2D eigenvalue weighted by Crippen LogP contribution is -2.50. The summed E-state index contributed by atoms with van der Waals surface area (Å²) in [7, 11) is 0. The maximum Gasteiger partial charge on any atom is 0.410 e. The summed E-state index contributed by atoms with van der Waals surface area (Å²) >= 11 is 13.8. The van der Waals surface area contributed by atoms with E-state index in [1.165, 1.54) is 36.4 Å². The molecule has 0 radical (unpaired) electrons. The molecule has 1 aliphatic rings. The molecule has 21 nitrogen and oxygen atoms in total. The Balaban J connectivity index is 0.922. The minimum absolute atomic E-state index is 0.0476.